The predicted molar refractivity (Wildman–Crippen MR) is 77.1 cm³/mol. The number of nitrogens with one attached hydrogen (secondary N) is 1. The number of amides is 1. The van der Waals surface area contributed by atoms with Gasteiger partial charge in [-0.3, -0.25) is 4.79 Å². The van der Waals surface area contributed by atoms with Gasteiger partial charge in [0.1, 0.15) is 0 Å². The second-order valence-corrected chi connectivity index (χ2v) is 4.96. The third kappa shape index (κ3) is 2.44. The Morgan fingerprint density at radius 3 is 2.60 bits per heavy atom. The molecule has 0 spiro atoms. The number of benzene rings is 1. The summed E-state index contributed by atoms with van der Waals surface area (Å²) in [4.78, 5) is 14.3. The van der Waals surface area contributed by atoms with E-state index in [0.29, 0.717) is 5.69 Å². The van der Waals surface area contributed by atoms with Gasteiger partial charge in [0.2, 0.25) is 0 Å². The number of hydrogen-bond acceptors (Lipinski definition) is 3. The van der Waals surface area contributed by atoms with Crippen molar-refractivity contribution in [1.29, 1.82) is 0 Å². The van der Waals surface area contributed by atoms with Crippen molar-refractivity contribution in [2.45, 2.75) is 6.92 Å². The number of para-hydroxylation sites is 1. The van der Waals surface area contributed by atoms with Crippen LogP contribution in [0.5, 0.6) is 0 Å². The van der Waals surface area contributed by atoms with Crippen LogP contribution in [0.15, 0.2) is 36.4 Å². The molecule has 1 aliphatic rings. The molecule has 0 aliphatic carbocycles. The van der Waals surface area contributed by atoms with Gasteiger partial charge in [0.25, 0.3) is 5.91 Å². The average molecular weight is 270 g/mol. The van der Waals surface area contributed by atoms with Gasteiger partial charge in [-0.05, 0) is 25.1 Å². The summed E-state index contributed by atoms with van der Waals surface area (Å²) < 4.78 is 1.81. The molecule has 20 heavy (non-hydrogen) atoms. The Kier molecular flexibility index (Phi) is 3.52. The lowest BCUT2D eigenvalue weighted by Gasteiger charge is -2.26. The molecule has 0 bridgehead atoms. The molecular formula is C15H18N4O. The van der Waals surface area contributed by atoms with E-state index < -0.39 is 0 Å². The summed E-state index contributed by atoms with van der Waals surface area (Å²) >= 11 is 0. The van der Waals surface area contributed by atoms with Crippen molar-refractivity contribution in [2.24, 2.45) is 0 Å². The summed E-state index contributed by atoms with van der Waals surface area (Å²) in [6.45, 7) is 5.16. The molecule has 1 aromatic carbocycles. The predicted octanol–water partition coefficient (Wildman–Crippen LogP) is 1.23. The van der Waals surface area contributed by atoms with Gasteiger partial charge in [0, 0.05) is 31.9 Å². The number of carbonyl (C=O) groups excluding carboxylic acids is 1. The first kappa shape index (κ1) is 12.9. The zero-order chi connectivity index (χ0) is 13.9. The molecule has 104 valence electrons. The summed E-state index contributed by atoms with van der Waals surface area (Å²) in [5, 5.41) is 7.70. The lowest BCUT2D eigenvalue weighted by atomic mass is 10.3. The molecule has 1 N–H and O–H groups in total. The van der Waals surface area contributed by atoms with Gasteiger partial charge in [-0.15, -0.1) is 0 Å². The second kappa shape index (κ2) is 5.46. The molecule has 5 nitrogen and oxygen atoms in total. The minimum Gasteiger partial charge on any atom is -0.335 e. The van der Waals surface area contributed by atoms with Gasteiger partial charge in [0.15, 0.2) is 5.69 Å². The number of hydrogen-bond donors (Lipinski definition) is 1. The minimum atomic E-state index is 0.0179. The summed E-state index contributed by atoms with van der Waals surface area (Å²) in [5.41, 5.74) is 2.47. The maximum atomic E-state index is 12.4. The largest absolute Gasteiger partial charge is 0.335 e. The van der Waals surface area contributed by atoms with E-state index in [2.05, 4.69) is 10.4 Å². The fraction of sp³-hybridized carbons (Fsp3) is 0.333. The van der Waals surface area contributed by atoms with Gasteiger partial charge < -0.3 is 10.2 Å². The number of carbonyl (C=O) groups is 1. The van der Waals surface area contributed by atoms with E-state index in [1.807, 2.05) is 52.9 Å². The van der Waals surface area contributed by atoms with Crippen LogP contribution in [0.25, 0.3) is 5.69 Å². The van der Waals surface area contributed by atoms with Crippen LogP contribution >= 0.6 is 0 Å². The minimum absolute atomic E-state index is 0.0179. The number of piperazine rings is 1. The summed E-state index contributed by atoms with van der Waals surface area (Å²) in [7, 11) is 0. The molecule has 5 heteroatoms. The Bertz CT molecular complexity index is 600. The lowest BCUT2D eigenvalue weighted by molar-refractivity contribution is 0.0729. The van der Waals surface area contributed by atoms with Crippen molar-refractivity contribution in [3.63, 3.8) is 0 Å². The number of rotatable bonds is 2. The quantitative estimate of drug-likeness (QED) is 0.893. The number of aryl methyl sites for hydroxylation is 1. The Morgan fingerprint density at radius 2 is 1.90 bits per heavy atom. The smallest absolute Gasteiger partial charge is 0.274 e. The van der Waals surface area contributed by atoms with Crippen LogP contribution in [-0.4, -0.2) is 46.8 Å². The van der Waals surface area contributed by atoms with Crippen LogP contribution in [0.4, 0.5) is 0 Å². The van der Waals surface area contributed by atoms with E-state index in [1.54, 1.807) is 0 Å². The van der Waals surface area contributed by atoms with Crippen molar-refractivity contribution in [2.75, 3.05) is 26.2 Å². The van der Waals surface area contributed by atoms with Crippen LogP contribution in [-0.2, 0) is 0 Å². The van der Waals surface area contributed by atoms with Gasteiger partial charge in [-0.1, -0.05) is 18.2 Å². The Balaban J connectivity index is 1.87. The zero-order valence-corrected chi connectivity index (χ0v) is 11.5. The molecule has 0 unspecified atom stereocenters. The topological polar surface area (TPSA) is 50.2 Å². The van der Waals surface area contributed by atoms with Crippen molar-refractivity contribution in [3.8, 4) is 5.69 Å². The molecule has 1 saturated heterocycles. The highest BCUT2D eigenvalue weighted by molar-refractivity contribution is 5.92. The van der Waals surface area contributed by atoms with Gasteiger partial charge in [-0.2, -0.15) is 5.10 Å². The van der Waals surface area contributed by atoms with Crippen LogP contribution in [0.3, 0.4) is 0 Å². The third-order valence-electron chi connectivity index (χ3n) is 3.51. The van der Waals surface area contributed by atoms with E-state index in [0.717, 1.165) is 37.6 Å². The van der Waals surface area contributed by atoms with Crippen LogP contribution in [0, 0.1) is 6.92 Å². The van der Waals surface area contributed by atoms with Crippen molar-refractivity contribution < 1.29 is 4.79 Å². The first-order chi connectivity index (χ1) is 9.75. The summed E-state index contributed by atoms with van der Waals surface area (Å²) in [5.74, 6) is 0.0179. The second-order valence-electron chi connectivity index (χ2n) is 4.96. The van der Waals surface area contributed by atoms with Crippen LogP contribution < -0.4 is 5.32 Å². The normalized spacial score (nSPS) is 15.3. The standard InChI is InChI=1S/C15H18N4O/c1-12-11-14(15(20)18-9-7-16-8-10-18)17-19(12)13-5-3-2-4-6-13/h2-6,11,16H,7-10H2,1H3. The fourth-order valence-electron chi connectivity index (χ4n) is 2.44. The first-order valence-electron chi connectivity index (χ1n) is 6.88. The highest BCUT2D eigenvalue weighted by atomic mass is 16.2. The highest BCUT2D eigenvalue weighted by Gasteiger charge is 2.21. The van der Waals surface area contributed by atoms with Crippen molar-refractivity contribution in [1.82, 2.24) is 20.0 Å². The monoisotopic (exact) mass is 270 g/mol. The van der Waals surface area contributed by atoms with E-state index in [4.69, 9.17) is 0 Å². The average Bonchev–Trinajstić information content (AvgIpc) is 2.90. The van der Waals surface area contributed by atoms with E-state index in [1.165, 1.54) is 0 Å². The molecule has 0 radical (unpaired) electrons. The molecular weight excluding hydrogens is 252 g/mol. The van der Waals surface area contributed by atoms with Gasteiger partial charge in [-0.25, -0.2) is 4.68 Å². The van der Waals surface area contributed by atoms with Gasteiger partial charge >= 0.3 is 0 Å². The van der Waals surface area contributed by atoms with E-state index in [9.17, 15) is 4.79 Å². The fourth-order valence-corrected chi connectivity index (χ4v) is 2.44. The molecule has 2 aromatic rings. The maximum absolute atomic E-state index is 12.4. The number of nitrogens with zero attached hydrogens (tertiary/aromatic N) is 3. The van der Waals surface area contributed by atoms with Crippen LogP contribution in [0.2, 0.25) is 0 Å². The Morgan fingerprint density at radius 1 is 1.20 bits per heavy atom. The first-order valence-corrected chi connectivity index (χ1v) is 6.88. The molecule has 1 aromatic heterocycles. The summed E-state index contributed by atoms with van der Waals surface area (Å²) in [6.07, 6.45) is 0. The van der Waals surface area contributed by atoms with Crippen molar-refractivity contribution >= 4 is 5.91 Å². The maximum Gasteiger partial charge on any atom is 0.274 e. The van der Waals surface area contributed by atoms with Crippen LogP contribution in [0.1, 0.15) is 16.2 Å². The highest BCUT2D eigenvalue weighted by Crippen LogP contribution is 2.13. The molecule has 1 aliphatic heterocycles. The summed E-state index contributed by atoms with van der Waals surface area (Å²) in [6, 6.07) is 11.7. The molecule has 2 heterocycles. The molecule has 0 saturated carbocycles. The van der Waals surface area contributed by atoms with E-state index >= 15 is 0 Å². The Hall–Kier alpha value is -2.14. The lowest BCUT2D eigenvalue weighted by Crippen LogP contribution is -2.46. The Labute approximate surface area is 118 Å². The zero-order valence-electron chi connectivity index (χ0n) is 11.5. The molecule has 1 fully saturated rings. The SMILES string of the molecule is Cc1cc(C(=O)N2CCNCC2)nn1-c1ccccc1. The van der Waals surface area contributed by atoms with E-state index in [-0.39, 0.29) is 5.91 Å². The molecule has 0 atom stereocenters. The molecule has 1 amide bonds. The molecule has 3 rings (SSSR count). The third-order valence-corrected chi connectivity index (χ3v) is 3.51. The van der Waals surface area contributed by atoms with Crippen molar-refractivity contribution in [3.05, 3.63) is 47.8 Å². The number of aromatic nitrogens is 2. The van der Waals surface area contributed by atoms with Gasteiger partial charge in [0.05, 0.1) is 5.69 Å².